The smallest absolute Gasteiger partial charge is 0.285 e. The average Bonchev–Trinajstić information content (AvgIpc) is 2.77. The van der Waals surface area contributed by atoms with E-state index in [-0.39, 0.29) is 5.92 Å². The molecule has 0 aliphatic rings. The molecule has 0 saturated carbocycles. The Hall–Kier alpha value is -1.18. The molecule has 0 spiro atoms. The van der Waals surface area contributed by atoms with E-state index in [2.05, 4.69) is 10.2 Å². The highest BCUT2D eigenvalue weighted by Gasteiger charge is 2.44. The molecule has 0 bridgehead atoms. The maximum Gasteiger partial charge on any atom is 0.522 e. The van der Waals surface area contributed by atoms with Crippen LogP contribution in [0, 0.1) is 0 Å². The first-order valence-electron chi connectivity index (χ1n) is 5.17. The van der Waals surface area contributed by atoms with Gasteiger partial charge in [-0.3, -0.25) is 14.2 Å². The molecule has 13 heteroatoms. The molecule has 0 aliphatic heterocycles. The Kier molecular flexibility index (Phi) is 6.34. The Bertz CT molecular complexity index is 638. The first-order valence-corrected chi connectivity index (χ1v) is 8.12. The minimum Gasteiger partial charge on any atom is -0.285 e. The van der Waals surface area contributed by atoms with Gasteiger partial charge < -0.3 is 0 Å². The van der Waals surface area contributed by atoms with Gasteiger partial charge in [0.15, 0.2) is 0 Å². The molecule has 0 saturated heterocycles. The van der Waals surface area contributed by atoms with Gasteiger partial charge in [-0.15, -0.1) is 0 Å². The zero-order valence-corrected chi connectivity index (χ0v) is 12.4. The van der Waals surface area contributed by atoms with E-state index in [1.54, 1.807) is 19.2 Å². The van der Waals surface area contributed by atoms with Crippen LogP contribution in [-0.2, 0) is 20.2 Å². The summed E-state index contributed by atoms with van der Waals surface area (Å²) >= 11 is 0. The van der Waals surface area contributed by atoms with E-state index in [1.807, 2.05) is 0 Å². The van der Waals surface area contributed by atoms with Gasteiger partial charge in [0.1, 0.15) is 0 Å². The maximum absolute atomic E-state index is 10.8. The largest absolute Gasteiger partial charge is 0.522 e. The van der Waals surface area contributed by atoms with Crippen molar-refractivity contribution in [3.8, 4) is 0 Å². The quantitative estimate of drug-likeness (QED) is 0.547. The van der Waals surface area contributed by atoms with Gasteiger partial charge in [-0.1, -0.05) is 6.92 Å². The maximum atomic E-state index is 10.8. The van der Waals surface area contributed by atoms with Crippen LogP contribution in [0.15, 0.2) is 12.3 Å². The third-order valence-electron chi connectivity index (χ3n) is 2.46. The number of nitrogens with zero attached hydrogens (tertiary/aromatic N) is 1. The summed E-state index contributed by atoms with van der Waals surface area (Å²) in [6.07, 6.45) is 1.61. The second kappa shape index (κ2) is 6.72. The van der Waals surface area contributed by atoms with Gasteiger partial charge >= 0.3 is 15.6 Å². The zero-order valence-electron chi connectivity index (χ0n) is 10.7. The predicted octanol–water partition coefficient (Wildman–Crippen LogP) is 1.18. The van der Waals surface area contributed by atoms with Crippen molar-refractivity contribution in [2.45, 2.75) is 30.5 Å². The second-order valence-electron chi connectivity index (χ2n) is 3.93. The molecule has 0 fully saturated rings. The summed E-state index contributed by atoms with van der Waals surface area (Å²) in [5.41, 5.74) is -4.90. The fourth-order valence-electron chi connectivity index (χ4n) is 1.02. The summed E-state index contributed by atoms with van der Waals surface area (Å²) in [6, 6.07) is 1.69. The molecule has 21 heavy (non-hydrogen) atoms. The van der Waals surface area contributed by atoms with E-state index in [4.69, 9.17) is 17.5 Å². The lowest BCUT2D eigenvalue weighted by Crippen LogP contribution is -2.23. The van der Waals surface area contributed by atoms with Crippen molar-refractivity contribution in [1.82, 2.24) is 10.2 Å². The Balaban J connectivity index is 0.000000433. The third kappa shape index (κ3) is 6.41. The monoisotopic (exact) mass is 354 g/mol. The van der Waals surface area contributed by atoms with E-state index >= 15 is 0 Å². The van der Waals surface area contributed by atoms with Crippen molar-refractivity contribution >= 4 is 20.2 Å². The molecule has 0 aromatic carbocycles. The summed E-state index contributed by atoms with van der Waals surface area (Å²) < 4.78 is 87.9. The standard InChI is InChI=1S/C7H12N2O3S.CHF3O3S/c1-5(6(2)13(10,11)12)7-3-4-8-9-7;2-1(3,4)8(5,6)7/h3-6H,1-2H3,(H,8,9)(H,10,11,12);(H,5,6,7). The number of alkyl halides is 3. The fourth-order valence-corrected chi connectivity index (χ4v) is 1.68. The van der Waals surface area contributed by atoms with Crippen LogP contribution in [0.5, 0.6) is 0 Å². The van der Waals surface area contributed by atoms with Crippen LogP contribution in [0.4, 0.5) is 13.2 Å². The van der Waals surface area contributed by atoms with E-state index in [1.165, 1.54) is 6.92 Å². The Labute approximate surface area is 118 Å². The number of halogens is 3. The lowest BCUT2D eigenvalue weighted by atomic mass is 10.1. The molecule has 2 atom stereocenters. The van der Waals surface area contributed by atoms with Gasteiger partial charge in [-0.25, -0.2) is 0 Å². The molecule has 0 amide bonds. The van der Waals surface area contributed by atoms with Crippen molar-refractivity contribution < 1.29 is 39.1 Å². The van der Waals surface area contributed by atoms with Gasteiger partial charge in [0.05, 0.1) is 10.9 Å². The third-order valence-corrected chi connectivity index (χ3v) is 4.39. The van der Waals surface area contributed by atoms with Gasteiger partial charge in [0.2, 0.25) is 0 Å². The molecule has 1 heterocycles. The molecule has 0 radical (unpaired) electrons. The van der Waals surface area contributed by atoms with E-state index < -0.39 is 31.0 Å². The van der Waals surface area contributed by atoms with Gasteiger partial charge in [0.25, 0.3) is 10.1 Å². The van der Waals surface area contributed by atoms with Gasteiger partial charge in [-0.2, -0.15) is 35.1 Å². The molecular formula is C8H13F3N2O6S2. The van der Waals surface area contributed by atoms with Crippen LogP contribution in [0.2, 0.25) is 0 Å². The summed E-state index contributed by atoms with van der Waals surface area (Å²) in [4.78, 5) is 0. The number of nitrogens with one attached hydrogen (secondary N) is 1. The fraction of sp³-hybridized carbons (Fsp3) is 0.625. The zero-order chi connectivity index (χ0) is 17.1. The summed E-state index contributed by atoms with van der Waals surface area (Å²) in [5, 5.41) is 5.60. The second-order valence-corrected chi connectivity index (χ2v) is 7.12. The van der Waals surface area contributed by atoms with Crippen LogP contribution < -0.4 is 0 Å². The minimum atomic E-state index is -5.84. The highest BCUT2D eigenvalue weighted by molar-refractivity contribution is 7.86. The molecule has 1 rings (SSSR count). The Morgan fingerprint density at radius 1 is 1.19 bits per heavy atom. The SMILES string of the molecule is CC(c1cc[nH]n1)C(C)S(=O)(=O)O.O=S(=O)(O)C(F)(F)F. The average molecular weight is 354 g/mol. The first kappa shape index (κ1) is 19.8. The van der Waals surface area contributed by atoms with Crippen molar-refractivity contribution in [2.24, 2.45) is 0 Å². The van der Waals surface area contributed by atoms with Crippen LogP contribution in [0.3, 0.4) is 0 Å². The van der Waals surface area contributed by atoms with Crippen molar-refractivity contribution in [1.29, 1.82) is 0 Å². The Morgan fingerprint density at radius 3 is 1.86 bits per heavy atom. The molecular weight excluding hydrogens is 341 g/mol. The summed E-state index contributed by atoms with van der Waals surface area (Å²) in [5.74, 6) is -0.318. The number of hydrogen-bond donors (Lipinski definition) is 3. The van der Waals surface area contributed by atoms with Gasteiger partial charge in [-0.05, 0) is 13.0 Å². The molecule has 124 valence electrons. The number of aromatic nitrogens is 2. The van der Waals surface area contributed by atoms with Crippen LogP contribution >= 0.6 is 0 Å². The minimum absolute atomic E-state index is 0.318. The van der Waals surface area contributed by atoms with Crippen LogP contribution in [0.1, 0.15) is 25.5 Å². The lowest BCUT2D eigenvalue weighted by molar-refractivity contribution is -0.0510. The number of H-pyrrole nitrogens is 1. The topological polar surface area (TPSA) is 137 Å². The molecule has 1 aromatic rings. The number of rotatable bonds is 3. The van der Waals surface area contributed by atoms with E-state index in [0.29, 0.717) is 5.69 Å². The van der Waals surface area contributed by atoms with Crippen molar-refractivity contribution in [2.75, 3.05) is 0 Å². The molecule has 1 aromatic heterocycles. The molecule has 0 aliphatic carbocycles. The summed E-state index contributed by atoms with van der Waals surface area (Å²) in [6.45, 7) is 3.16. The van der Waals surface area contributed by atoms with Crippen molar-refractivity contribution in [3.05, 3.63) is 18.0 Å². The first-order chi connectivity index (χ1) is 9.18. The molecule has 3 N–H and O–H groups in total. The lowest BCUT2D eigenvalue weighted by Gasteiger charge is -2.14. The van der Waals surface area contributed by atoms with Gasteiger partial charge in [0, 0.05) is 12.1 Å². The van der Waals surface area contributed by atoms with Crippen LogP contribution in [-0.4, -0.2) is 46.9 Å². The van der Waals surface area contributed by atoms with E-state index in [0.717, 1.165) is 0 Å². The predicted molar refractivity (Wildman–Crippen MR) is 65.6 cm³/mol. The Morgan fingerprint density at radius 2 is 1.62 bits per heavy atom. The van der Waals surface area contributed by atoms with Crippen LogP contribution in [0.25, 0.3) is 0 Å². The highest BCUT2D eigenvalue weighted by Crippen LogP contribution is 2.21. The molecule has 2 unspecified atom stereocenters. The molecule has 8 nitrogen and oxygen atoms in total. The van der Waals surface area contributed by atoms with E-state index in [9.17, 15) is 21.6 Å². The highest BCUT2D eigenvalue weighted by atomic mass is 32.2. The number of hydrogen-bond acceptors (Lipinski definition) is 5. The number of aromatic amines is 1. The summed E-state index contributed by atoms with van der Waals surface area (Å²) in [7, 11) is -9.82. The van der Waals surface area contributed by atoms with Crippen molar-refractivity contribution in [3.63, 3.8) is 0 Å². The normalized spacial score (nSPS) is 15.8.